The number of amides is 1. The molecule has 0 unspecified atom stereocenters. The minimum Gasteiger partial charge on any atom is -0.378 e. The van der Waals surface area contributed by atoms with E-state index in [2.05, 4.69) is 26.1 Å². The predicted octanol–water partition coefficient (Wildman–Crippen LogP) is 4.12. The van der Waals surface area contributed by atoms with Gasteiger partial charge in [0.25, 0.3) is 10.0 Å². The fraction of sp³-hybridized carbons (Fsp3) is 0.208. The Labute approximate surface area is 202 Å². The maximum atomic E-state index is 13.3. The molecule has 1 aliphatic rings. The second-order valence-corrected chi connectivity index (χ2v) is 10.3. The highest BCUT2D eigenvalue weighted by atomic mass is 79.9. The summed E-state index contributed by atoms with van der Waals surface area (Å²) in [5.74, 6) is -0.434. The summed E-state index contributed by atoms with van der Waals surface area (Å²) in [4.78, 5) is 15.2. The molecule has 0 spiro atoms. The monoisotopic (exact) mass is 529 g/mol. The Morgan fingerprint density at radius 2 is 1.58 bits per heavy atom. The number of sulfonamides is 1. The normalized spacial score (nSPS) is 14.0. The number of morpholine rings is 1. The molecule has 1 saturated heterocycles. The summed E-state index contributed by atoms with van der Waals surface area (Å²) in [6.07, 6.45) is 0. The third-order valence-corrected chi connectivity index (χ3v) is 7.58. The second-order valence-electron chi connectivity index (χ2n) is 7.50. The summed E-state index contributed by atoms with van der Waals surface area (Å²) in [5.41, 5.74) is 2.06. The van der Waals surface area contributed by atoms with Gasteiger partial charge in [0.1, 0.15) is 6.54 Å². The van der Waals surface area contributed by atoms with Crippen molar-refractivity contribution >= 4 is 48.9 Å². The number of halogens is 1. The van der Waals surface area contributed by atoms with Crippen molar-refractivity contribution in [2.24, 2.45) is 0 Å². The van der Waals surface area contributed by atoms with E-state index in [1.54, 1.807) is 42.5 Å². The first-order chi connectivity index (χ1) is 15.9. The molecule has 4 rings (SSSR count). The summed E-state index contributed by atoms with van der Waals surface area (Å²) >= 11 is 3.36. The lowest BCUT2D eigenvalue weighted by Crippen LogP contribution is -2.38. The standard InChI is InChI=1S/C24H24BrN3O4S/c25-19-6-10-22(11-7-19)28(33(30,31)23-4-2-1-3-5-23)18-24(29)26-20-8-12-21(13-9-20)27-14-16-32-17-15-27/h1-13H,14-18H2,(H,26,29). The average Bonchev–Trinajstić information content (AvgIpc) is 2.85. The highest BCUT2D eigenvalue weighted by Gasteiger charge is 2.27. The molecular formula is C24H24BrN3O4S. The van der Waals surface area contributed by atoms with Gasteiger partial charge in [0.2, 0.25) is 5.91 Å². The molecule has 9 heteroatoms. The number of hydrogen-bond donors (Lipinski definition) is 1. The number of anilines is 3. The summed E-state index contributed by atoms with van der Waals surface area (Å²) in [6, 6.07) is 22.4. The van der Waals surface area contributed by atoms with Gasteiger partial charge in [-0.15, -0.1) is 0 Å². The first-order valence-electron chi connectivity index (χ1n) is 10.5. The molecule has 0 aliphatic carbocycles. The maximum absolute atomic E-state index is 13.3. The molecule has 0 saturated carbocycles. The van der Waals surface area contributed by atoms with Crippen molar-refractivity contribution in [3.05, 3.63) is 83.3 Å². The molecular weight excluding hydrogens is 506 g/mol. The van der Waals surface area contributed by atoms with E-state index in [0.29, 0.717) is 24.6 Å². The van der Waals surface area contributed by atoms with Crippen LogP contribution in [0.5, 0.6) is 0 Å². The van der Waals surface area contributed by atoms with Gasteiger partial charge in [-0.2, -0.15) is 0 Å². The van der Waals surface area contributed by atoms with E-state index in [1.165, 1.54) is 12.1 Å². The Balaban J connectivity index is 1.52. The van der Waals surface area contributed by atoms with Crippen molar-refractivity contribution in [3.63, 3.8) is 0 Å². The number of carbonyl (C=O) groups excluding carboxylic acids is 1. The number of carbonyl (C=O) groups is 1. The second kappa shape index (κ2) is 10.4. The fourth-order valence-electron chi connectivity index (χ4n) is 3.55. The van der Waals surface area contributed by atoms with E-state index in [0.717, 1.165) is 27.6 Å². The van der Waals surface area contributed by atoms with Gasteiger partial charge in [0.15, 0.2) is 0 Å². The fourth-order valence-corrected chi connectivity index (χ4v) is 5.26. The smallest absolute Gasteiger partial charge is 0.264 e. The lowest BCUT2D eigenvalue weighted by atomic mass is 10.2. The third-order valence-electron chi connectivity index (χ3n) is 5.26. The quantitative estimate of drug-likeness (QED) is 0.498. The minimum atomic E-state index is -3.94. The van der Waals surface area contributed by atoms with Crippen LogP contribution < -0.4 is 14.5 Å². The zero-order chi connectivity index (χ0) is 23.3. The highest BCUT2D eigenvalue weighted by molar-refractivity contribution is 9.10. The molecule has 1 heterocycles. The molecule has 33 heavy (non-hydrogen) atoms. The summed E-state index contributed by atoms with van der Waals surface area (Å²) < 4.78 is 34.0. The zero-order valence-corrected chi connectivity index (χ0v) is 20.3. The molecule has 0 atom stereocenters. The number of benzene rings is 3. The van der Waals surface area contributed by atoms with Gasteiger partial charge < -0.3 is 15.0 Å². The van der Waals surface area contributed by atoms with Crippen LogP contribution in [0.3, 0.4) is 0 Å². The third kappa shape index (κ3) is 5.73. The highest BCUT2D eigenvalue weighted by Crippen LogP contribution is 2.26. The van der Waals surface area contributed by atoms with Crippen molar-refractivity contribution in [2.75, 3.05) is 47.4 Å². The van der Waals surface area contributed by atoms with Gasteiger partial charge >= 0.3 is 0 Å². The van der Waals surface area contributed by atoms with E-state index in [4.69, 9.17) is 4.74 Å². The molecule has 3 aromatic carbocycles. The van der Waals surface area contributed by atoms with Crippen LogP contribution in [0.4, 0.5) is 17.1 Å². The zero-order valence-electron chi connectivity index (χ0n) is 17.9. The van der Waals surface area contributed by atoms with Gasteiger partial charge in [-0.1, -0.05) is 34.1 Å². The summed E-state index contributed by atoms with van der Waals surface area (Å²) in [6.45, 7) is 2.68. The molecule has 0 aromatic heterocycles. The SMILES string of the molecule is O=C(CN(c1ccc(Br)cc1)S(=O)(=O)c1ccccc1)Nc1ccc(N2CCOCC2)cc1. The van der Waals surface area contributed by atoms with Crippen molar-refractivity contribution in [1.82, 2.24) is 0 Å². The van der Waals surface area contributed by atoms with Crippen LogP contribution in [0.1, 0.15) is 0 Å². The number of nitrogens with one attached hydrogen (secondary N) is 1. The lowest BCUT2D eigenvalue weighted by molar-refractivity contribution is -0.114. The van der Waals surface area contributed by atoms with Gasteiger partial charge in [-0.3, -0.25) is 9.10 Å². The molecule has 1 N–H and O–H groups in total. The van der Waals surface area contributed by atoms with Crippen LogP contribution in [-0.2, 0) is 19.6 Å². The van der Waals surface area contributed by atoms with E-state index in [9.17, 15) is 13.2 Å². The van der Waals surface area contributed by atoms with E-state index < -0.39 is 15.9 Å². The predicted molar refractivity (Wildman–Crippen MR) is 133 cm³/mol. The number of hydrogen-bond acceptors (Lipinski definition) is 5. The van der Waals surface area contributed by atoms with Gasteiger partial charge in [0.05, 0.1) is 23.8 Å². The average molecular weight is 530 g/mol. The van der Waals surface area contributed by atoms with Gasteiger partial charge in [0, 0.05) is 28.9 Å². The first kappa shape index (κ1) is 23.3. The largest absolute Gasteiger partial charge is 0.378 e. The Morgan fingerprint density at radius 1 is 0.939 bits per heavy atom. The molecule has 0 bridgehead atoms. The number of rotatable bonds is 7. The molecule has 0 radical (unpaired) electrons. The molecule has 7 nitrogen and oxygen atoms in total. The molecule has 172 valence electrons. The lowest BCUT2D eigenvalue weighted by Gasteiger charge is -2.29. The molecule has 1 fully saturated rings. The topological polar surface area (TPSA) is 79.0 Å². The van der Waals surface area contributed by atoms with Crippen LogP contribution in [0.25, 0.3) is 0 Å². The van der Waals surface area contributed by atoms with Crippen molar-refractivity contribution in [3.8, 4) is 0 Å². The van der Waals surface area contributed by atoms with E-state index in [1.807, 2.05) is 24.3 Å². The minimum absolute atomic E-state index is 0.121. The Bertz CT molecular complexity index is 1180. The summed E-state index contributed by atoms with van der Waals surface area (Å²) in [5, 5.41) is 2.81. The molecule has 3 aromatic rings. The van der Waals surface area contributed by atoms with Crippen LogP contribution in [0.2, 0.25) is 0 Å². The van der Waals surface area contributed by atoms with E-state index in [-0.39, 0.29) is 11.4 Å². The van der Waals surface area contributed by atoms with Crippen LogP contribution in [0, 0.1) is 0 Å². The van der Waals surface area contributed by atoms with Crippen molar-refractivity contribution < 1.29 is 17.9 Å². The molecule has 1 amide bonds. The summed E-state index contributed by atoms with van der Waals surface area (Å²) in [7, 11) is -3.94. The first-order valence-corrected chi connectivity index (χ1v) is 12.7. The van der Waals surface area contributed by atoms with Crippen molar-refractivity contribution in [1.29, 1.82) is 0 Å². The molecule has 1 aliphatic heterocycles. The van der Waals surface area contributed by atoms with Crippen LogP contribution in [-0.4, -0.2) is 47.2 Å². The van der Waals surface area contributed by atoms with Gasteiger partial charge in [-0.25, -0.2) is 8.42 Å². The van der Waals surface area contributed by atoms with E-state index >= 15 is 0 Å². The Morgan fingerprint density at radius 3 is 2.21 bits per heavy atom. The Kier molecular flexibility index (Phi) is 7.32. The maximum Gasteiger partial charge on any atom is 0.264 e. The van der Waals surface area contributed by atoms with Gasteiger partial charge in [-0.05, 0) is 60.7 Å². The number of nitrogens with zero attached hydrogens (tertiary/aromatic N) is 2. The Hall–Kier alpha value is -2.88. The van der Waals surface area contributed by atoms with Crippen LogP contribution >= 0.6 is 15.9 Å². The van der Waals surface area contributed by atoms with Crippen molar-refractivity contribution in [2.45, 2.75) is 4.90 Å². The number of ether oxygens (including phenoxy) is 1. The van der Waals surface area contributed by atoms with Crippen LogP contribution in [0.15, 0.2) is 88.2 Å².